The zero-order valence-corrected chi connectivity index (χ0v) is 13.3. The quantitative estimate of drug-likeness (QED) is 0.612. The number of aliphatic hydroxyl groups is 1. The first-order chi connectivity index (χ1) is 11.2. The van der Waals surface area contributed by atoms with Crippen molar-refractivity contribution in [3.05, 3.63) is 82.6 Å². The normalized spacial score (nSPS) is 14.0. The van der Waals surface area contributed by atoms with E-state index in [4.69, 9.17) is 0 Å². The maximum Gasteiger partial charge on any atom is 0.416 e. The number of carbonyl (C=O) groups excluding carboxylic acids is 1. The van der Waals surface area contributed by atoms with Crippen LogP contribution in [0.4, 0.5) is 13.2 Å². The molecule has 1 N–H and O–H groups in total. The van der Waals surface area contributed by atoms with Gasteiger partial charge in [-0.1, -0.05) is 42.5 Å². The maximum atomic E-state index is 12.8. The summed E-state index contributed by atoms with van der Waals surface area (Å²) in [7, 11) is 0. The summed E-state index contributed by atoms with van der Waals surface area (Å²) >= 11 is 0. The first-order valence-corrected chi connectivity index (χ1v) is 7.34. The van der Waals surface area contributed by atoms with E-state index < -0.39 is 17.7 Å². The van der Waals surface area contributed by atoms with Crippen LogP contribution in [-0.4, -0.2) is 10.9 Å². The Balaban J connectivity index is 2.59. The second-order valence-electron chi connectivity index (χ2n) is 5.52. The Bertz CT molecular complexity index is 740. The van der Waals surface area contributed by atoms with E-state index >= 15 is 0 Å². The van der Waals surface area contributed by atoms with Gasteiger partial charge in [-0.3, -0.25) is 4.79 Å². The molecule has 5 heteroatoms. The number of Topliss-reactive ketones (excluding diaryl/α,β-unsaturated/α-hetero) is 1. The van der Waals surface area contributed by atoms with Crippen LogP contribution in [-0.2, 0) is 11.0 Å². The molecule has 0 fully saturated rings. The third-order valence-corrected chi connectivity index (χ3v) is 3.76. The number of allylic oxidation sites excluding steroid dienone is 2. The SMILES string of the molecule is CC(=O)/C(=C(/C)O)[C@@H](c1ccccc1)c1ccc(C(F)(F)F)cc1. The Morgan fingerprint density at radius 1 is 0.917 bits per heavy atom. The van der Waals surface area contributed by atoms with Gasteiger partial charge in [0.25, 0.3) is 0 Å². The zero-order chi connectivity index (χ0) is 17.9. The Morgan fingerprint density at radius 3 is 1.83 bits per heavy atom. The molecule has 0 saturated carbocycles. The summed E-state index contributed by atoms with van der Waals surface area (Å²) in [5.41, 5.74) is 0.636. The smallest absolute Gasteiger partial charge is 0.416 e. The molecular weight excluding hydrogens is 317 g/mol. The van der Waals surface area contributed by atoms with E-state index in [1.54, 1.807) is 30.3 Å². The molecule has 0 unspecified atom stereocenters. The Kier molecular flexibility index (Phi) is 5.12. The summed E-state index contributed by atoms with van der Waals surface area (Å²) in [5, 5.41) is 9.94. The highest BCUT2D eigenvalue weighted by Crippen LogP contribution is 2.36. The summed E-state index contributed by atoms with van der Waals surface area (Å²) in [4.78, 5) is 12.0. The van der Waals surface area contributed by atoms with Gasteiger partial charge in [-0.15, -0.1) is 0 Å². The Morgan fingerprint density at radius 2 is 1.42 bits per heavy atom. The molecule has 2 aromatic carbocycles. The van der Waals surface area contributed by atoms with Crippen LogP contribution in [0.2, 0.25) is 0 Å². The number of rotatable bonds is 4. The van der Waals surface area contributed by atoms with Crippen LogP contribution >= 0.6 is 0 Å². The number of hydrogen-bond acceptors (Lipinski definition) is 2. The molecule has 0 bridgehead atoms. The lowest BCUT2D eigenvalue weighted by molar-refractivity contribution is -0.137. The van der Waals surface area contributed by atoms with Crippen molar-refractivity contribution in [2.24, 2.45) is 0 Å². The van der Waals surface area contributed by atoms with Crippen LogP contribution in [0, 0.1) is 0 Å². The third-order valence-electron chi connectivity index (χ3n) is 3.76. The fourth-order valence-corrected chi connectivity index (χ4v) is 2.70. The number of benzene rings is 2. The van der Waals surface area contributed by atoms with Gasteiger partial charge >= 0.3 is 6.18 Å². The van der Waals surface area contributed by atoms with Crippen LogP contribution in [0.15, 0.2) is 65.9 Å². The van der Waals surface area contributed by atoms with Crippen molar-refractivity contribution in [1.29, 1.82) is 0 Å². The number of hydrogen-bond donors (Lipinski definition) is 1. The fraction of sp³-hybridized carbons (Fsp3) is 0.211. The molecule has 2 nitrogen and oxygen atoms in total. The van der Waals surface area contributed by atoms with Gasteiger partial charge in [0, 0.05) is 11.5 Å². The van der Waals surface area contributed by atoms with Crippen molar-refractivity contribution in [1.82, 2.24) is 0 Å². The van der Waals surface area contributed by atoms with Crippen LogP contribution in [0.1, 0.15) is 36.5 Å². The number of aliphatic hydroxyl groups excluding tert-OH is 1. The third kappa shape index (κ3) is 3.85. The van der Waals surface area contributed by atoms with E-state index in [1.807, 2.05) is 0 Å². The first-order valence-electron chi connectivity index (χ1n) is 7.34. The molecule has 0 heterocycles. The van der Waals surface area contributed by atoms with Crippen molar-refractivity contribution < 1.29 is 23.1 Å². The van der Waals surface area contributed by atoms with Crippen molar-refractivity contribution >= 4 is 5.78 Å². The summed E-state index contributed by atoms with van der Waals surface area (Å²) in [6.07, 6.45) is -4.42. The van der Waals surface area contributed by atoms with E-state index in [0.717, 1.165) is 17.7 Å². The van der Waals surface area contributed by atoms with Gasteiger partial charge in [-0.05, 0) is 37.1 Å². The maximum absolute atomic E-state index is 12.8. The minimum absolute atomic E-state index is 0.142. The van der Waals surface area contributed by atoms with E-state index in [-0.39, 0.29) is 17.1 Å². The first kappa shape index (κ1) is 17.8. The molecule has 1 atom stereocenters. The van der Waals surface area contributed by atoms with Crippen LogP contribution in [0.3, 0.4) is 0 Å². The Hall–Kier alpha value is -2.56. The lowest BCUT2D eigenvalue weighted by Crippen LogP contribution is -2.14. The van der Waals surface area contributed by atoms with Gasteiger partial charge in [0.2, 0.25) is 0 Å². The monoisotopic (exact) mass is 334 g/mol. The molecule has 2 rings (SSSR count). The zero-order valence-electron chi connectivity index (χ0n) is 13.3. The van der Waals surface area contributed by atoms with E-state index in [2.05, 4.69) is 0 Å². The molecule has 0 aliphatic rings. The lowest BCUT2D eigenvalue weighted by atomic mass is 9.82. The number of alkyl halides is 3. The molecule has 0 radical (unpaired) electrons. The van der Waals surface area contributed by atoms with Gasteiger partial charge in [0.1, 0.15) is 0 Å². The molecule has 0 aliphatic heterocycles. The van der Waals surface area contributed by atoms with E-state index in [0.29, 0.717) is 5.56 Å². The minimum atomic E-state index is -4.42. The number of ketones is 1. The van der Waals surface area contributed by atoms with Gasteiger partial charge < -0.3 is 5.11 Å². The second kappa shape index (κ2) is 6.91. The van der Waals surface area contributed by atoms with E-state index in [9.17, 15) is 23.1 Å². The summed E-state index contributed by atoms with van der Waals surface area (Å²) in [5.74, 6) is -1.10. The predicted molar refractivity (Wildman–Crippen MR) is 85.7 cm³/mol. The lowest BCUT2D eigenvalue weighted by Gasteiger charge is -2.21. The molecule has 2 aromatic rings. The van der Waals surface area contributed by atoms with Gasteiger partial charge in [-0.2, -0.15) is 13.2 Å². The van der Waals surface area contributed by atoms with Crippen LogP contribution < -0.4 is 0 Å². The molecule has 0 saturated heterocycles. The van der Waals surface area contributed by atoms with Crippen molar-refractivity contribution in [3.8, 4) is 0 Å². The standard InChI is InChI=1S/C19H17F3O2/c1-12(23)17(13(2)24)18(14-6-4-3-5-7-14)15-8-10-16(11-9-15)19(20,21)22/h3-11,18,23H,1-2H3/b17-12+/t18-/m0/s1. The average Bonchev–Trinajstić information content (AvgIpc) is 2.52. The van der Waals surface area contributed by atoms with Crippen LogP contribution in [0.5, 0.6) is 0 Å². The number of halogens is 3. The molecule has 0 amide bonds. The minimum Gasteiger partial charge on any atom is -0.512 e. The van der Waals surface area contributed by atoms with Crippen molar-refractivity contribution in [2.75, 3.05) is 0 Å². The molecular formula is C19H17F3O2. The molecule has 0 aliphatic carbocycles. The largest absolute Gasteiger partial charge is 0.512 e. The summed E-state index contributed by atoms with van der Waals surface area (Å²) in [6, 6.07) is 13.5. The summed E-state index contributed by atoms with van der Waals surface area (Å²) < 4.78 is 38.3. The molecule has 0 spiro atoms. The van der Waals surface area contributed by atoms with Gasteiger partial charge in [0.15, 0.2) is 5.78 Å². The van der Waals surface area contributed by atoms with Gasteiger partial charge in [0.05, 0.1) is 11.3 Å². The summed E-state index contributed by atoms with van der Waals surface area (Å²) in [6.45, 7) is 2.73. The molecule has 0 aromatic heterocycles. The second-order valence-corrected chi connectivity index (χ2v) is 5.52. The fourth-order valence-electron chi connectivity index (χ4n) is 2.70. The highest BCUT2D eigenvalue weighted by atomic mass is 19.4. The van der Waals surface area contributed by atoms with Gasteiger partial charge in [-0.25, -0.2) is 0 Å². The van der Waals surface area contributed by atoms with Crippen molar-refractivity contribution in [2.45, 2.75) is 25.9 Å². The Labute approximate surface area is 138 Å². The highest BCUT2D eigenvalue weighted by Gasteiger charge is 2.31. The molecule has 126 valence electrons. The topological polar surface area (TPSA) is 37.3 Å². The average molecular weight is 334 g/mol. The highest BCUT2D eigenvalue weighted by molar-refractivity contribution is 5.96. The van der Waals surface area contributed by atoms with E-state index in [1.165, 1.54) is 26.0 Å². The predicted octanol–water partition coefficient (Wildman–Crippen LogP) is 5.26. The van der Waals surface area contributed by atoms with Crippen molar-refractivity contribution in [3.63, 3.8) is 0 Å². The number of carbonyl (C=O) groups is 1. The van der Waals surface area contributed by atoms with Crippen LogP contribution in [0.25, 0.3) is 0 Å². The molecule has 24 heavy (non-hydrogen) atoms.